The lowest BCUT2D eigenvalue weighted by molar-refractivity contribution is 0.0987. The van der Waals surface area contributed by atoms with E-state index in [9.17, 15) is 18.0 Å². The first-order valence-electron chi connectivity index (χ1n) is 9.47. The molecular weight excluding hydrogens is 395 g/mol. The number of alkyl halides is 2. The number of hydrogen-bond acceptors (Lipinski definition) is 3. The molecule has 2 amide bonds. The summed E-state index contributed by atoms with van der Waals surface area (Å²) in [6.45, 7) is 1.78. The van der Waals surface area contributed by atoms with Crippen LogP contribution in [0.3, 0.4) is 0 Å². The van der Waals surface area contributed by atoms with Crippen LogP contribution in [0.2, 0.25) is 0 Å². The second-order valence-electron chi connectivity index (χ2n) is 6.84. The van der Waals surface area contributed by atoms with Crippen molar-refractivity contribution in [2.45, 2.75) is 38.8 Å². The van der Waals surface area contributed by atoms with Gasteiger partial charge in [-0.3, -0.25) is 5.32 Å². The van der Waals surface area contributed by atoms with Crippen molar-refractivity contribution >= 4 is 11.8 Å². The lowest BCUT2D eigenvalue weighted by Gasteiger charge is -2.18. The molecule has 3 rings (SSSR count). The maximum Gasteiger partial charge on any atom is 0.320 e. The SMILES string of the molecule is Cc1c(NC(=O)NC(CCc2ccccc2)C(F)F)nnn1Cc1ccccc1F. The van der Waals surface area contributed by atoms with E-state index >= 15 is 0 Å². The number of aromatic nitrogens is 3. The average molecular weight is 417 g/mol. The van der Waals surface area contributed by atoms with E-state index in [1.807, 2.05) is 30.3 Å². The minimum atomic E-state index is -2.71. The molecule has 158 valence electrons. The van der Waals surface area contributed by atoms with E-state index < -0.39 is 18.5 Å². The van der Waals surface area contributed by atoms with Crippen molar-refractivity contribution in [3.05, 3.63) is 77.2 Å². The van der Waals surface area contributed by atoms with Crippen LogP contribution in [0.5, 0.6) is 0 Å². The molecule has 0 aliphatic carbocycles. The van der Waals surface area contributed by atoms with Crippen LogP contribution in [0.1, 0.15) is 23.2 Å². The van der Waals surface area contributed by atoms with E-state index in [-0.39, 0.29) is 24.6 Å². The molecule has 0 aliphatic rings. The number of rotatable bonds is 8. The third kappa shape index (κ3) is 5.59. The van der Waals surface area contributed by atoms with Gasteiger partial charge in [0.1, 0.15) is 5.82 Å². The van der Waals surface area contributed by atoms with Gasteiger partial charge in [-0.15, -0.1) is 5.10 Å². The molecular formula is C21H22F3N5O. The van der Waals surface area contributed by atoms with Gasteiger partial charge in [0.05, 0.1) is 18.3 Å². The van der Waals surface area contributed by atoms with Gasteiger partial charge in [0.15, 0.2) is 5.82 Å². The lowest BCUT2D eigenvalue weighted by Crippen LogP contribution is -2.42. The zero-order chi connectivity index (χ0) is 21.5. The largest absolute Gasteiger partial charge is 0.329 e. The average Bonchev–Trinajstić information content (AvgIpc) is 3.07. The van der Waals surface area contributed by atoms with Crippen LogP contribution in [-0.2, 0) is 13.0 Å². The van der Waals surface area contributed by atoms with E-state index in [2.05, 4.69) is 20.9 Å². The van der Waals surface area contributed by atoms with Gasteiger partial charge in [0.2, 0.25) is 0 Å². The van der Waals surface area contributed by atoms with Crippen LogP contribution in [0.15, 0.2) is 54.6 Å². The highest BCUT2D eigenvalue weighted by molar-refractivity contribution is 5.88. The van der Waals surface area contributed by atoms with E-state index in [0.29, 0.717) is 17.7 Å². The summed E-state index contributed by atoms with van der Waals surface area (Å²) in [6.07, 6.45) is -2.21. The van der Waals surface area contributed by atoms with Crippen molar-refractivity contribution in [1.29, 1.82) is 0 Å². The van der Waals surface area contributed by atoms with Crippen LogP contribution in [0, 0.1) is 12.7 Å². The minimum absolute atomic E-state index is 0.0913. The first-order chi connectivity index (χ1) is 14.4. The summed E-state index contributed by atoms with van der Waals surface area (Å²) in [7, 11) is 0. The Morgan fingerprint density at radius 2 is 1.80 bits per heavy atom. The first kappa shape index (κ1) is 21.4. The molecule has 0 fully saturated rings. The molecule has 1 unspecified atom stereocenters. The second-order valence-corrected chi connectivity index (χ2v) is 6.84. The van der Waals surface area contributed by atoms with Crippen LogP contribution >= 0.6 is 0 Å². The summed E-state index contributed by atoms with van der Waals surface area (Å²) in [5.41, 5.74) is 1.81. The number of anilines is 1. The third-order valence-corrected chi connectivity index (χ3v) is 4.70. The molecule has 1 aromatic heterocycles. The highest BCUT2D eigenvalue weighted by Gasteiger charge is 2.23. The summed E-state index contributed by atoms with van der Waals surface area (Å²) < 4.78 is 42.0. The Balaban J connectivity index is 1.59. The number of benzene rings is 2. The summed E-state index contributed by atoms with van der Waals surface area (Å²) >= 11 is 0. The van der Waals surface area contributed by atoms with Gasteiger partial charge in [-0.2, -0.15) is 0 Å². The zero-order valence-electron chi connectivity index (χ0n) is 16.4. The Labute approximate surface area is 172 Å². The molecule has 1 atom stereocenters. The number of carbonyl (C=O) groups is 1. The summed E-state index contributed by atoms with van der Waals surface area (Å²) in [6, 6.07) is 13.4. The molecule has 6 nitrogen and oxygen atoms in total. The number of halogens is 3. The van der Waals surface area contributed by atoms with Crippen molar-refractivity contribution < 1.29 is 18.0 Å². The Morgan fingerprint density at radius 1 is 1.10 bits per heavy atom. The molecule has 0 bridgehead atoms. The van der Waals surface area contributed by atoms with Crippen LogP contribution in [0.4, 0.5) is 23.8 Å². The molecule has 0 aliphatic heterocycles. The molecule has 1 heterocycles. The standard InChI is InChI=1S/C21H22F3N5O/c1-14-20(27-28-29(14)13-16-9-5-6-10-17(16)22)26-21(30)25-18(19(23)24)12-11-15-7-3-2-4-8-15/h2-10,18-19H,11-13H2,1H3,(H2,25,26,30). The normalized spacial score (nSPS) is 12.0. The molecule has 0 radical (unpaired) electrons. The van der Waals surface area contributed by atoms with Crippen LogP contribution in [0.25, 0.3) is 0 Å². The Bertz CT molecular complexity index is 978. The molecule has 2 aromatic carbocycles. The Hall–Kier alpha value is -3.36. The number of urea groups is 1. The quantitative estimate of drug-likeness (QED) is 0.578. The van der Waals surface area contributed by atoms with Crippen molar-refractivity contribution in [3.63, 3.8) is 0 Å². The molecule has 30 heavy (non-hydrogen) atoms. The topological polar surface area (TPSA) is 71.8 Å². The van der Waals surface area contributed by atoms with Gasteiger partial charge in [0.25, 0.3) is 6.43 Å². The number of hydrogen-bond donors (Lipinski definition) is 2. The zero-order valence-corrected chi connectivity index (χ0v) is 16.4. The van der Waals surface area contributed by atoms with E-state index in [4.69, 9.17) is 0 Å². The van der Waals surface area contributed by atoms with Gasteiger partial charge in [0, 0.05) is 5.56 Å². The molecule has 0 saturated carbocycles. The number of aryl methyl sites for hydroxylation is 1. The van der Waals surface area contributed by atoms with Crippen molar-refractivity contribution in [2.75, 3.05) is 5.32 Å². The number of amides is 2. The highest BCUT2D eigenvalue weighted by atomic mass is 19.3. The maximum atomic E-state index is 13.8. The number of nitrogens with one attached hydrogen (secondary N) is 2. The fourth-order valence-electron chi connectivity index (χ4n) is 2.95. The van der Waals surface area contributed by atoms with Gasteiger partial charge >= 0.3 is 6.03 Å². The predicted octanol–water partition coefficient (Wildman–Crippen LogP) is 4.16. The second kappa shape index (κ2) is 9.91. The predicted molar refractivity (Wildman–Crippen MR) is 107 cm³/mol. The van der Waals surface area contributed by atoms with Crippen LogP contribution < -0.4 is 10.6 Å². The molecule has 2 N–H and O–H groups in total. The molecule has 0 spiro atoms. The Kier molecular flexibility index (Phi) is 7.05. The van der Waals surface area contributed by atoms with Gasteiger partial charge in [-0.25, -0.2) is 22.6 Å². The molecule has 3 aromatic rings. The highest BCUT2D eigenvalue weighted by Crippen LogP contribution is 2.15. The third-order valence-electron chi connectivity index (χ3n) is 4.70. The summed E-state index contributed by atoms with van der Waals surface area (Å²) in [4.78, 5) is 12.2. The first-order valence-corrected chi connectivity index (χ1v) is 9.47. The fourth-order valence-corrected chi connectivity index (χ4v) is 2.95. The van der Waals surface area contributed by atoms with Crippen molar-refractivity contribution in [2.24, 2.45) is 0 Å². The van der Waals surface area contributed by atoms with E-state index in [1.165, 1.54) is 10.7 Å². The monoisotopic (exact) mass is 417 g/mol. The van der Waals surface area contributed by atoms with Crippen LogP contribution in [-0.4, -0.2) is 33.5 Å². The van der Waals surface area contributed by atoms with Gasteiger partial charge < -0.3 is 5.32 Å². The lowest BCUT2D eigenvalue weighted by atomic mass is 10.1. The number of nitrogens with zero attached hydrogens (tertiary/aromatic N) is 3. The van der Waals surface area contributed by atoms with Gasteiger partial charge in [-0.1, -0.05) is 53.7 Å². The molecule has 9 heteroatoms. The smallest absolute Gasteiger partial charge is 0.320 e. The molecule has 0 saturated heterocycles. The Morgan fingerprint density at radius 3 is 2.50 bits per heavy atom. The van der Waals surface area contributed by atoms with Crippen molar-refractivity contribution in [1.82, 2.24) is 20.3 Å². The fraction of sp³-hybridized carbons (Fsp3) is 0.286. The summed E-state index contributed by atoms with van der Waals surface area (Å²) in [5.74, 6) is -0.252. The minimum Gasteiger partial charge on any atom is -0.329 e. The van der Waals surface area contributed by atoms with E-state index in [0.717, 1.165) is 5.56 Å². The van der Waals surface area contributed by atoms with Gasteiger partial charge in [-0.05, 0) is 31.4 Å². The maximum absolute atomic E-state index is 13.8. The van der Waals surface area contributed by atoms with E-state index in [1.54, 1.807) is 25.1 Å². The number of carbonyl (C=O) groups excluding carboxylic acids is 1. The summed E-state index contributed by atoms with van der Waals surface area (Å²) in [5, 5.41) is 12.5. The van der Waals surface area contributed by atoms with Crippen molar-refractivity contribution in [3.8, 4) is 0 Å².